The molecule has 0 radical (unpaired) electrons. The normalized spacial score (nSPS) is 16.5. The minimum Gasteiger partial charge on any atom is -0.464 e. The largest absolute Gasteiger partial charge is 0.464 e. The van der Waals surface area contributed by atoms with Crippen LogP contribution in [0.25, 0.3) is 0 Å². The van der Waals surface area contributed by atoms with Gasteiger partial charge in [-0.3, -0.25) is 0 Å². The highest BCUT2D eigenvalue weighted by Gasteiger charge is 2.14. The monoisotopic (exact) mass is 279 g/mol. The predicted molar refractivity (Wildman–Crippen MR) is 80.3 cm³/mol. The van der Waals surface area contributed by atoms with Gasteiger partial charge in [0.25, 0.3) is 0 Å². The summed E-state index contributed by atoms with van der Waals surface area (Å²) in [5.41, 5.74) is 0. The summed E-state index contributed by atoms with van der Waals surface area (Å²) in [6, 6.07) is 0.846. The van der Waals surface area contributed by atoms with Gasteiger partial charge in [-0.25, -0.2) is 0 Å². The Morgan fingerprint density at radius 3 is 2.35 bits per heavy atom. The summed E-state index contributed by atoms with van der Waals surface area (Å²) >= 11 is 0. The molecule has 1 heterocycles. The van der Waals surface area contributed by atoms with Crippen LogP contribution in [0.15, 0.2) is 0 Å². The van der Waals surface area contributed by atoms with E-state index in [-0.39, 0.29) is 0 Å². The summed E-state index contributed by atoms with van der Waals surface area (Å²) in [5, 5.41) is 6.55. The second-order valence-electron chi connectivity index (χ2n) is 5.06. The fourth-order valence-electron chi connectivity index (χ4n) is 2.46. The van der Waals surface area contributed by atoms with E-state index in [1.807, 2.05) is 13.8 Å². The molecule has 1 aromatic rings. The van der Waals surface area contributed by atoms with Crippen LogP contribution in [-0.2, 0) is 0 Å². The first-order chi connectivity index (χ1) is 9.81. The lowest BCUT2D eigenvalue weighted by Gasteiger charge is -2.17. The highest BCUT2D eigenvalue weighted by Crippen LogP contribution is 2.20. The van der Waals surface area contributed by atoms with Gasteiger partial charge in [-0.15, -0.1) is 0 Å². The molecule has 1 aromatic heterocycles. The molecule has 1 aliphatic carbocycles. The van der Waals surface area contributed by atoms with Gasteiger partial charge in [0.15, 0.2) is 0 Å². The van der Waals surface area contributed by atoms with E-state index >= 15 is 0 Å². The number of ether oxygens (including phenoxy) is 1. The summed E-state index contributed by atoms with van der Waals surface area (Å²) in [6.45, 7) is 5.27. The highest BCUT2D eigenvalue weighted by molar-refractivity contribution is 5.36. The molecule has 0 aromatic carbocycles. The van der Waals surface area contributed by atoms with E-state index in [1.165, 1.54) is 38.5 Å². The van der Waals surface area contributed by atoms with Crippen molar-refractivity contribution in [3.05, 3.63) is 0 Å². The third-order valence-corrected chi connectivity index (χ3v) is 3.41. The number of anilines is 2. The third-order valence-electron chi connectivity index (χ3n) is 3.41. The topological polar surface area (TPSA) is 72.0 Å². The van der Waals surface area contributed by atoms with Gasteiger partial charge in [0.1, 0.15) is 0 Å². The molecule has 2 rings (SSSR count). The number of nitrogens with zero attached hydrogens (tertiary/aromatic N) is 3. The maximum absolute atomic E-state index is 5.41. The van der Waals surface area contributed by atoms with Crippen LogP contribution in [0.1, 0.15) is 52.4 Å². The maximum Gasteiger partial charge on any atom is 0.323 e. The molecule has 0 atom stereocenters. The molecular formula is C14H25N5O. The van der Waals surface area contributed by atoms with Crippen molar-refractivity contribution in [3.8, 4) is 6.01 Å². The first-order valence-corrected chi connectivity index (χ1v) is 7.71. The van der Waals surface area contributed by atoms with Crippen LogP contribution in [0.3, 0.4) is 0 Å². The van der Waals surface area contributed by atoms with E-state index in [2.05, 4.69) is 25.6 Å². The van der Waals surface area contributed by atoms with Crippen molar-refractivity contribution in [1.29, 1.82) is 0 Å². The Kier molecular flexibility index (Phi) is 5.83. The van der Waals surface area contributed by atoms with Crippen molar-refractivity contribution in [1.82, 2.24) is 15.0 Å². The molecule has 1 aliphatic rings. The van der Waals surface area contributed by atoms with Gasteiger partial charge in [-0.2, -0.15) is 15.0 Å². The van der Waals surface area contributed by atoms with Crippen molar-refractivity contribution >= 4 is 11.9 Å². The van der Waals surface area contributed by atoms with Crippen molar-refractivity contribution in [3.63, 3.8) is 0 Å². The number of rotatable bonds is 6. The molecule has 6 nitrogen and oxygen atoms in total. The van der Waals surface area contributed by atoms with Crippen molar-refractivity contribution in [2.24, 2.45) is 0 Å². The van der Waals surface area contributed by atoms with Crippen LogP contribution in [0.4, 0.5) is 11.9 Å². The minimum atomic E-state index is 0.384. The first kappa shape index (κ1) is 14.8. The van der Waals surface area contributed by atoms with Crippen LogP contribution < -0.4 is 15.4 Å². The van der Waals surface area contributed by atoms with E-state index in [9.17, 15) is 0 Å². The molecule has 2 N–H and O–H groups in total. The van der Waals surface area contributed by atoms with Gasteiger partial charge < -0.3 is 15.4 Å². The summed E-state index contributed by atoms with van der Waals surface area (Å²) in [7, 11) is 0. The van der Waals surface area contributed by atoms with Crippen LogP contribution in [-0.4, -0.2) is 34.1 Å². The molecule has 1 fully saturated rings. The molecule has 0 aliphatic heterocycles. The average Bonchev–Trinajstić information content (AvgIpc) is 2.68. The van der Waals surface area contributed by atoms with Gasteiger partial charge >= 0.3 is 6.01 Å². The lowest BCUT2D eigenvalue weighted by Crippen LogP contribution is -2.21. The van der Waals surface area contributed by atoms with E-state index in [0.717, 1.165) is 6.54 Å². The van der Waals surface area contributed by atoms with Gasteiger partial charge in [0.2, 0.25) is 11.9 Å². The molecule has 0 unspecified atom stereocenters. The van der Waals surface area contributed by atoms with Crippen LogP contribution >= 0.6 is 0 Å². The lowest BCUT2D eigenvalue weighted by atomic mass is 10.1. The minimum absolute atomic E-state index is 0.384. The fourth-order valence-corrected chi connectivity index (χ4v) is 2.46. The Hall–Kier alpha value is -1.59. The molecular weight excluding hydrogens is 254 g/mol. The van der Waals surface area contributed by atoms with Crippen LogP contribution in [0.2, 0.25) is 0 Å². The van der Waals surface area contributed by atoms with Gasteiger partial charge in [0, 0.05) is 12.6 Å². The Morgan fingerprint density at radius 1 is 1.00 bits per heavy atom. The Balaban J connectivity index is 2.07. The molecule has 0 saturated heterocycles. The van der Waals surface area contributed by atoms with Gasteiger partial charge in [0.05, 0.1) is 6.61 Å². The molecule has 1 saturated carbocycles. The predicted octanol–water partition coefficient (Wildman–Crippen LogP) is 2.84. The SMILES string of the molecule is CCNc1nc(NC2CCCCCC2)nc(OCC)n1. The van der Waals surface area contributed by atoms with E-state index in [1.54, 1.807) is 0 Å². The number of hydrogen-bond acceptors (Lipinski definition) is 6. The second-order valence-corrected chi connectivity index (χ2v) is 5.06. The average molecular weight is 279 g/mol. The summed E-state index contributed by atoms with van der Waals surface area (Å²) in [6.07, 6.45) is 7.60. The molecule has 0 spiro atoms. The first-order valence-electron chi connectivity index (χ1n) is 7.71. The molecule has 6 heteroatoms. The molecule has 0 amide bonds. The molecule has 20 heavy (non-hydrogen) atoms. The summed E-state index contributed by atoms with van der Waals surface area (Å²) in [4.78, 5) is 13.0. The van der Waals surface area contributed by atoms with E-state index in [4.69, 9.17) is 4.74 Å². The Bertz CT molecular complexity index is 380. The Morgan fingerprint density at radius 2 is 1.70 bits per heavy atom. The van der Waals surface area contributed by atoms with E-state index in [0.29, 0.717) is 30.6 Å². The Labute approximate surface area is 120 Å². The fraction of sp³-hybridized carbons (Fsp3) is 0.786. The number of aromatic nitrogens is 3. The second kappa shape index (κ2) is 7.87. The van der Waals surface area contributed by atoms with Crippen LogP contribution in [0, 0.1) is 0 Å². The van der Waals surface area contributed by atoms with Gasteiger partial charge in [-0.05, 0) is 26.7 Å². The quantitative estimate of drug-likeness (QED) is 0.780. The van der Waals surface area contributed by atoms with Crippen molar-refractivity contribution < 1.29 is 4.74 Å². The van der Waals surface area contributed by atoms with E-state index < -0.39 is 0 Å². The highest BCUT2D eigenvalue weighted by atomic mass is 16.5. The van der Waals surface area contributed by atoms with Crippen molar-refractivity contribution in [2.45, 2.75) is 58.4 Å². The zero-order valence-corrected chi connectivity index (χ0v) is 12.5. The molecule has 0 bridgehead atoms. The molecule has 112 valence electrons. The number of hydrogen-bond donors (Lipinski definition) is 2. The standard InChI is InChI=1S/C14H25N5O/c1-3-15-12-17-13(19-14(18-12)20-4-2)16-11-9-7-5-6-8-10-11/h11H,3-10H2,1-2H3,(H2,15,16,17,18,19). The lowest BCUT2D eigenvalue weighted by molar-refractivity contribution is 0.312. The summed E-state index contributed by atoms with van der Waals surface area (Å²) < 4.78 is 5.41. The zero-order chi connectivity index (χ0) is 14.2. The maximum atomic E-state index is 5.41. The van der Waals surface area contributed by atoms with Crippen LogP contribution in [0.5, 0.6) is 6.01 Å². The van der Waals surface area contributed by atoms with Crippen molar-refractivity contribution in [2.75, 3.05) is 23.8 Å². The summed E-state index contributed by atoms with van der Waals surface area (Å²) in [5.74, 6) is 1.19. The van der Waals surface area contributed by atoms with Gasteiger partial charge in [-0.1, -0.05) is 25.7 Å². The zero-order valence-electron chi connectivity index (χ0n) is 12.5. The number of nitrogens with one attached hydrogen (secondary N) is 2. The smallest absolute Gasteiger partial charge is 0.323 e. The third kappa shape index (κ3) is 4.51.